The lowest BCUT2D eigenvalue weighted by molar-refractivity contribution is -0.384. The number of hydrogen-bond acceptors (Lipinski definition) is 3. The van der Waals surface area contributed by atoms with Gasteiger partial charge < -0.3 is 4.98 Å². The molecule has 0 saturated carbocycles. The summed E-state index contributed by atoms with van der Waals surface area (Å²) in [7, 11) is 0. The molecular weight excluding hydrogens is 300 g/mol. The van der Waals surface area contributed by atoms with E-state index in [0.717, 1.165) is 0 Å². The van der Waals surface area contributed by atoms with Crippen molar-refractivity contribution in [2.45, 2.75) is 18.2 Å². The number of fused-ring (bicyclic) bond motifs is 1. The first kappa shape index (κ1) is 12.8. The molecule has 0 spiro atoms. The molecule has 0 aliphatic rings. The molecule has 0 amide bonds. The highest BCUT2D eigenvalue weighted by atomic mass is 79.9. The maximum Gasteiger partial charge on any atom is 0.271 e. The molecule has 1 aromatic carbocycles. The normalized spacial score (nSPS) is 12.6. The zero-order valence-electron chi connectivity index (χ0n) is 9.64. The third kappa shape index (κ3) is 2.15. The molecule has 1 unspecified atom stereocenters. The van der Waals surface area contributed by atoms with E-state index in [2.05, 4.69) is 20.9 Å². The van der Waals surface area contributed by atoms with Crippen LogP contribution < -0.4 is 0 Å². The van der Waals surface area contributed by atoms with E-state index < -0.39 is 4.92 Å². The number of H-pyrrole nitrogens is 1. The molecule has 0 bridgehead atoms. The quantitative estimate of drug-likeness (QED) is 0.407. The average Bonchev–Trinajstić information content (AvgIpc) is 2.79. The van der Waals surface area contributed by atoms with Gasteiger partial charge in [0.2, 0.25) is 0 Å². The smallest absolute Gasteiger partial charge is 0.271 e. The summed E-state index contributed by atoms with van der Waals surface area (Å²) in [5, 5.41) is 11.4. The Bertz CT molecular complexity index is 621. The second-order valence-corrected chi connectivity index (χ2v) is 5.03. The van der Waals surface area contributed by atoms with Crippen LogP contribution in [0.1, 0.15) is 23.7 Å². The number of halogens is 1. The van der Waals surface area contributed by atoms with Gasteiger partial charge >= 0.3 is 0 Å². The summed E-state index contributed by atoms with van der Waals surface area (Å²) in [6, 6.07) is 4.44. The van der Waals surface area contributed by atoms with Crippen molar-refractivity contribution in [2.75, 3.05) is 0 Å². The zero-order chi connectivity index (χ0) is 13.3. The lowest BCUT2D eigenvalue weighted by Crippen LogP contribution is -2.12. The first-order valence-electron chi connectivity index (χ1n) is 5.48. The predicted molar refractivity (Wildman–Crippen MR) is 72.3 cm³/mol. The summed E-state index contributed by atoms with van der Waals surface area (Å²) in [6.45, 7) is 1.91. The molecule has 18 heavy (non-hydrogen) atoms. The van der Waals surface area contributed by atoms with Gasteiger partial charge in [-0.2, -0.15) is 0 Å². The number of nitrogens with zero attached hydrogens (tertiary/aromatic N) is 1. The van der Waals surface area contributed by atoms with Gasteiger partial charge in [0.1, 0.15) is 0 Å². The minimum atomic E-state index is -0.457. The molecule has 2 rings (SSSR count). The molecule has 1 aromatic heterocycles. The Morgan fingerprint density at radius 3 is 2.89 bits per heavy atom. The number of carbonyl (C=O) groups excluding carboxylic acids is 1. The summed E-state index contributed by atoms with van der Waals surface area (Å²) in [5.41, 5.74) is 1.17. The van der Waals surface area contributed by atoms with E-state index in [1.54, 1.807) is 12.3 Å². The molecule has 0 radical (unpaired) electrons. The van der Waals surface area contributed by atoms with Crippen molar-refractivity contribution >= 4 is 38.3 Å². The number of benzene rings is 1. The Kier molecular flexibility index (Phi) is 3.47. The second kappa shape index (κ2) is 4.89. The van der Waals surface area contributed by atoms with Crippen LogP contribution in [-0.2, 0) is 0 Å². The summed E-state index contributed by atoms with van der Waals surface area (Å²) in [4.78, 5) is 24.9. The summed E-state index contributed by atoms with van der Waals surface area (Å²) >= 11 is 3.32. The summed E-state index contributed by atoms with van der Waals surface area (Å²) < 4.78 is 0. The highest BCUT2D eigenvalue weighted by Crippen LogP contribution is 2.25. The van der Waals surface area contributed by atoms with Gasteiger partial charge in [0, 0.05) is 29.3 Å². The van der Waals surface area contributed by atoms with E-state index in [1.807, 2.05) is 6.92 Å². The Morgan fingerprint density at radius 2 is 2.28 bits per heavy atom. The van der Waals surface area contributed by atoms with E-state index in [0.29, 0.717) is 22.9 Å². The SMILES string of the molecule is CCC(Br)C(=O)c1c[nH]c2cc([N+](=O)[O-])ccc12. The van der Waals surface area contributed by atoms with Crippen LogP contribution in [0.5, 0.6) is 0 Å². The van der Waals surface area contributed by atoms with Gasteiger partial charge in [0.25, 0.3) is 5.69 Å². The molecule has 0 fully saturated rings. The fourth-order valence-electron chi connectivity index (χ4n) is 1.79. The average molecular weight is 311 g/mol. The number of aromatic nitrogens is 1. The van der Waals surface area contributed by atoms with E-state index in [1.165, 1.54) is 12.1 Å². The fraction of sp³-hybridized carbons (Fsp3) is 0.250. The molecular formula is C12H11BrN2O3. The summed E-state index contributed by atoms with van der Waals surface area (Å²) in [6.07, 6.45) is 2.29. The van der Waals surface area contributed by atoms with Crippen molar-refractivity contribution in [3.05, 3.63) is 40.1 Å². The van der Waals surface area contributed by atoms with E-state index in [-0.39, 0.29) is 16.3 Å². The number of rotatable bonds is 4. The van der Waals surface area contributed by atoms with Gasteiger partial charge in [-0.15, -0.1) is 0 Å². The van der Waals surface area contributed by atoms with Crippen molar-refractivity contribution in [3.8, 4) is 0 Å². The van der Waals surface area contributed by atoms with Gasteiger partial charge in [-0.3, -0.25) is 14.9 Å². The molecule has 6 heteroatoms. The number of nitro groups is 1. The van der Waals surface area contributed by atoms with Crippen molar-refractivity contribution in [3.63, 3.8) is 0 Å². The lowest BCUT2D eigenvalue weighted by atomic mass is 10.1. The van der Waals surface area contributed by atoms with E-state index in [4.69, 9.17) is 0 Å². The van der Waals surface area contributed by atoms with Crippen LogP contribution in [0.4, 0.5) is 5.69 Å². The largest absolute Gasteiger partial charge is 0.360 e. The molecule has 1 N–H and O–H groups in total. The topological polar surface area (TPSA) is 76.0 Å². The molecule has 2 aromatic rings. The van der Waals surface area contributed by atoms with Crippen molar-refractivity contribution < 1.29 is 9.72 Å². The highest BCUT2D eigenvalue weighted by Gasteiger charge is 2.19. The van der Waals surface area contributed by atoms with E-state index >= 15 is 0 Å². The van der Waals surface area contributed by atoms with Crippen molar-refractivity contribution in [1.29, 1.82) is 0 Å². The molecule has 5 nitrogen and oxygen atoms in total. The van der Waals surface area contributed by atoms with Crippen molar-refractivity contribution in [2.24, 2.45) is 0 Å². The Hall–Kier alpha value is -1.69. The highest BCUT2D eigenvalue weighted by molar-refractivity contribution is 9.10. The summed E-state index contributed by atoms with van der Waals surface area (Å²) in [5.74, 6) is -0.0161. The van der Waals surface area contributed by atoms with Gasteiger partial charge in [-0.25, -0.2) is 0 Å². The monoisotopic (exact) mass is 310 g/mol. The molecule has 0 aliphatic heterocycles. The first-order chi connectivity index (χ1) is 8.54. The van der Waals surface area contributed by atoms with Crippen molar-refractivity contribution in [1.82, 2.24) is 4.98 Å². The fourth-order valence-corrected chi connectivity index (χ4v) is 2.03. The predicted octanol–water partition coefficient (Wildman–Crippen LogP) is 3.43. The van der Waals surface area contributed by atoms with E-state index in [9.17, 15) is 14.9 Å². The standard InChI is InChI=1S/C12H11BrN2O3/c1-2-10(13)12(16)9-6-14-11-5-7(15(17)18)3-4-8(9)11/h3-6,10,14H,2H2,1H3. The number of ketones is 1. The van der Waals surface area contributed by atoms with Gasteiger partial charge in [0.05, 0.1) is 15.3 Å². The van der Waals surface area contributed by atoms with Crippen LogP contribution in [-0.4, -0.2) is 20.5 Å². The molecule has 1 atom stereocenters. The number of hydrogen-bond donors (Lipinski definition) is 1. The third-order valence-electron chi connectivity index (χ3n) is 2.78. The van der Waals surface area contributed by atoms with Crippen LogP contribution in [0.25, 0.3) is 10.9 Å². The Balaban J connectivity index is 2.49. The third-order valence-corrected chi connectivity index (χ3v) is 3.85. The number of carbonyl (C=O) groups is 1. The number of non-ortho nitro benzene ring substituents is 1. The lowest BCUT2D eigenvalue weighted by Gasteiger charge is -2.03. The molecule has 0 aliphatic carbocycles. The number of Topliss-reactive ketones (excluding diaryl/α,β-unsaturated/α-hetero) is 1. The molecule has 1 heterocycles. The number of nitrogens with one attached hydrogen (secondary N) is 1. The zero-order valence-corrected chi connectivity index (χ0v) is 11.2. The Labute approximate surface area is 111 Å². The second-order valence-electron chi connectivity index (χ2n) is 3.93. The molecule has 94 valence electrons. The minimum absolute atomic E-state index is 0.00855. The minimum Gasteiger partial charge on any atom is -0.360 e. The first-order valence-corrected chi connectivity index (χ1v) is 6.40. The maximum atomic E-state index is 12.1. The van der Waals surface area contributed by atoms with Gasteiger partial charge in [0.15, 0.2) is 5.78 Å². The van der Waals surface area contributed by atoms with Crippen LogP contribution >= 0.6 is 15.9 Å². The number of aromatic amines is 1. The maximum absolute atomic E-state index is 12.1. The number of alkyl halides is 1. The van der Waals surface area contributed by atoms with Crippen LogP contribution in [0.2, 0.25) is 0 Å². The van der Waals surface area contributed by atoms with Gasteiger partial charge in [-0.05, 0) is 12.5 Å². The number of nitro benzene ring substituents is 1. The van der Waals surface area contributed by atoms with Crippen LogP contribution in [0, 0.1) is 10.1 Å². The van der Waals surface area contributed by atoms with Gasteiger partial charge in [-0.1, -0.05) is 22.9 Å². The van der Waals surface area contributed by atoms with Crippen LogP contribution in [0.3, 0.4) is 0 Å². The Morgan fingerprint density at radius 1 is 1.56 bits per heavy atom. The van der Waals surface area contributed by atoms with Crippen LogP contribution in [0.15, 0.2) is 24.4 Å². The molecule has 0 saturated heterocycles.